The quantitative estimate of drug-likeness (QED) is 0.898. The van der Waals surface area contributed by atoms with Crippen LogP contribution in [0.2, 0.25) is 0 Å². The van der Waals surface area contributed by atoms with Gasteiger partial charge in [0.15, 0.2) is 0 Å². The van der Waals surface area contributed by atoms with Crippen molar-refractivity contribution in [2.24, 2.45) is 0 Å². The Bertz CT molecular complexity index is 582. The van der Waals surface area contributed by atoms with Crippen molar-refractivity contribution in [1.82, 2.24) is 4.31 Å². The molecule has 0 aromatic heterocycles. The third kappa shape index (κ3) is 4.24. The Morgan fingerprint density at radius 3 is 2.20 bits per heavy atom. The largest absolute Gasteiger partial charge is 0.320 e. The van der Waals surface area contributed by atoms with E-state index in [1.165, 1.54) is 0 Å². The number of para-hydroxylation sites is 1. The number of anilines is 1. The highest BCUT2D eigenvalue weighted by molar-refractivity contribution is 7.88. The molecule has 0 saturated carbocycles. The van der Waals surface area contributed by atoms with E-state index in [2.05, 4.69) is 0 Å². The fraction of sp³-hybridized carbons (Fsp3) is 0.417. The van der Waals surface area contributed by atoms with Gasteiger partial charge in [0.2, 0.25) is 15.9 Å². The molecule has 1 aromatic rings. The molecule has 1 aromatic carbocycles. The first-order valence-electron chi connectivity index (χ1n) is 5.83. The molecule has 1 rings (SSSR count). The smallest absolute Gasteiger partial charge is 0.239 e. The lowest BCUT2D eigenvalue weighted by Gasteiger charge is -2.23. The summed E-state index contributed by atoms with van der Waals surface area (Å²) in [6, 6.07) is 2.71. The molecule has 0 unspecified atom stereocenters. The first-order valence-corrected chi connectivity index (χ1v) is 7.68. The molecule has 0 aliphatic heterocycles. The second-order valence-corrected chi connectivity index (χ2v) is 6.48. The molecule has 0 saturated heterocycles. The summed E-state index contributed by atoms with van der Waals surface area (Å²) in [5.74, 6) is -2.66. The van der Waals surface area contributed by atoms with Crippen LogP contribution in [0, 0.1) is 11.6 Å². The third-order valence-corrected chi connectivity index (χ3v) is 3.93. The van der Waals surface area contributed by atoms with E-state index in [1.807, 2.05) is 5.32 Å². The van der Waals surface area contributed by atoms with Gasteiger partial charge in [-0.15, -0.1) is 0 Å². The van der Waals surface area contributed by atoms with Crippen LogP contribution in [0.25, 0.3) is 0 Å². The maximum absolute atomic E-state index is 13.4. The lowest BCUT2D eigenvalue weighted by atomic mass is 10.3. The normalized spacial score (nSPS) is 11.9. The number of hydrogen-bond acceptors (Lipinski definition) is 3. The molecule has 0 heterocycles. The molecule has 1 N–H and O–H groups in total. The minimum Gasteiger partial charge on any atom is -0.320 e. The van der Waals surface area contributed by atoms with E-state index >= 15 is 0 Å². The SMILES string of the molecule is CC(C)N(CC(=O)Nc1c(F)cccc1F)S(C)(=O)=O. The van der Waals surface area contributed by atoms with Crippen LogP contribution in [0.15, 0.2) is 18.2 Å². The summed E-state index contributed by atoms with van der Waals surface area (Å²) >= 11 is 0. The predicted octanol–water partition coefficient (Wildman–Crippen LogP) is 1.57. The van der Waals surface area contributed by atoms with E-state index in [1.54, 1.807) is 13.8 Å². The van der Waals surface area contributed by atoms with Crippen molar-refractivity contribution < 1.29 is 22.0 Å². The van der Waals surface area contributed by atoms with Gasteiger partial charge in [0.25, 0.3) is 0 Å². The number of nitrogens with zero attached hydrogens (tertiary/aromatic N) is 1. The van der Waals surface area contributed by atoms with E-state index in [0.717, 1.165) is 28.8 Å². The van der Waals surface area contributed by atoms with Crippen molar-refractivity contribution in [3.8, 4) is 0 Å². The highest BCUT2D eigenvalue weighted by Crippen LogP contribution is 2.18. The van der Waals surface area contributed by atoms with Crippen molar-refractivity contribution in [3.05, 3.63) is 29.8 Å². The van der Waals surface area contributed by atoms with Crippen molar-refractivity contribution in [2.45, 2.75) is 19.9 Å². The van der Waals surface area contributed by atoms with Gasteiger partial charge in [-0.25, -0.2) is 17.2 Å². The average Bonchev–Trinajstić information content (AvgIpc) is 2.29. The molecule has 0 aliphatic rings. The van der Waals surface area contributed by atoms with Gasteiger partial charge in [-0.3, -0.25) is 4.79 Å². The fourth-order valence-electron chi connectivity index (χ4n) is 1.62. The molecule has 0 aliphatic carbocycles. The first kappa shape index (κ1) is 16.5. The fourth-order valence-corrected chi connectivity index (χ4v) is 2.74. The van der Waals surface area contributed by atoms with Gasteiger partial charge >= 0.3 is 0 Å². The summed E-state index contributed by atoms with van der Waals surface area (Å²) < 4.78 is 50.6. The average molecular weight is 306 g/mol. The maximum Gasteiger partial charge on any atom is 0.239 e. The Kier molecular flexibility index (Phi) is 5.18. The summed E-state index contributed by atoms with van der Waals surface area (Å²) in [5.41, 5.74) is -0.588. The van der Waals surface area contributed by atoms with E-state index in [4.69, 9.17) is 0 Å². The highest BCUT2D eigenvalue weighted by Gasteiger charge is 2.24. The van der Waals surface area contributed by atoms with Gasteiger partial charge in [0.1, 0.15) is 17.3 Å². The molecule has 1 amide bonds. The highest BCUT2D eigenvalue weighted by atomic mass is 32.2. The third-order valence-electron chi connectivity index (χ3n) is 2.53. The Morgan fingerprint density at radius 2 is 1.80 bits per heavy atom. The van der Waals surface area contributed by atoms with Gasteiger partial charge < -0.3 is 5.32 Å². The number of sulfonamides is 1. The number of carbonyl (C=O) groups excluding carboxylic acids is 1. The second kappa shape index (κ2) is 6.27. The molecule has 20 heavy (non-hydrogen) atoms. The Balaban J connectivity index is 2.87. The number of carbonyl (C=O) groups is 1. The Morgan fingerprint density at radius 1 is 1.30 bits per heavy atom. The van der Waals surface area contributed by atoms with Gasteiger partial charge in [0, 0.05) is 6.04 Å². The summed E-state index contributed by atoms with van der Waals surface area (Å²) in [5, 5.41) is 2.04. The van der Waals surface area contributed by atoms with E-state index in [-0.39, 0.29) is 0 Å². The minimum absolute atomic E-state index is 0.443. The van der Waals surface area contributed by atoms with Gasteiger partial charge in [0.05, 0.1) is 12.8 Å². The van der Waals surface area contributed by atoms with Crippen LogP contribution >= 0.6 is 0 Å². The topological polar surface area (TPSA) is 66.5 Å². The second-order valence-electron chi connectivity index (χ2n) is 4.55. The molecule has 0 radical (unpaired) electrons. The van der Waals surface area contributed by atoms with Crippen LogP contribution in [-0.2, 0) is 14.8 Å². The summed E-state index contributed by atoms with van der Waals surface area (Å²) in [6.07, 6.45) is 0.962. The van der Waals surface area contributed by atoms with E-state index in [9.17, 15) is 22.0 Å². The number of amides is 1. The Labute approximate surface area is 116 Å². The molecule has 8 heteroatoms. The summed E-state index contributed by atoms with van der Waals surface area (Å²) in [6.45, 7) is 2.68. The van der Waals surface area contributed by atoms with Gasteiger partial charge in [-0.1, -0.05) is 6.07 Å². The van der Waals surface area contributed by atoms with Crippen LogP contribution < -0.4 is 5.32 Å². The maximum atomic E-state index is 13.4. The Hall–Kier alpha value is -1.54. The monoisotopic (exact) mass is 306 g/mol. The zero-order valence-corrected chi connectivity index (χ0v) is 12.2. The molecule has 0 bridgehead atoms. The number of hydrogen-bond donors (Lipinski definition) is 1. The molecular formula is C12H16F2N2O3S. The number of rotatable bonds is 5. The number of benzene rings is 1. The molecule has 0 fully saturated rings. The molecule has 112 valence electrons. The van der Waals surface area contributed by atoms with E-state index < -0.39 is 45.8 Å². The molecule has 5 nitrogen and oxygen atoms in total. The van der Waals surface area contributed by atoms with E-state index in [0.29, 0.717) is 0 Å². The standard InChI is InChI=1S/C12H16F2N2O3S/c1-8(2)16(20(3,18)19)7-11(17)15-12-9(13)5-4-6-10(12)14/h4-6,8H,7H2,1-3H3,(H,15,17). The lowest BCUT2D eigenvalue weighted by Crippen LogP contribution is -2.41. The zero-order chi connectivity index (χ0) is 15.5. The minimum atomic E-state index is -3.59. The van der Waals surface area contributed by atoms with Crippen LogP contribution in [-0.4, -0.2) is 37.5 Å². The number of nitrogens with one attached hydrogen (secondary N) is 1. The molecule has 0 atom stereocenters. The van der Waals surface area contributed by atoms with Crippen molar-refractivity contribution in [3.63, 3.8) is 0 Å². The molecule has 0 spiro atoms. The summed E-state index contributed by atoms with van der Waals surface area (Å²) in [4.78, 5) is 11.7. The van der Waals surface area contributed by atoms with Crippen LogP contribution in [0.5, 0.6) is 0 Å². The van der Waals surface area contributed by atoms with Crippen molar-refractivity contribution >= 4 is 21.6 Å². The van der Waals surface area contributed by atoms with Crippen molar-refractivity contribution in [1.29, 1.82) is 0 Å². The predicted molar refractivity (Wildman–Crippen MR) is 71.7 cm³/mol. The van der Waals surface area contributed by atoms with Crippen LogP contribution in [0.1, 0.15) is 13.8 Å². The van der Waals surface area contributed by atoms with Gasteiger partial charge in [-0.05, 0) is 26.0 Å². The summed E-state index contributed by atoms with van der Waals surface area (Å²) in [7, 11) is -3.59. The molecular weight excluding hydrogens is 290 g/mol. The first-order chi connectivity index (χ1) is 9.12. The van der Waals surface area contributed by atoms with Crippen LogP contribution in [0.3, 0.4) is 0 Å². The zero-order valence-electron chi connectivity index (χ0n) is 11.4. The lowest BCUT2D eigenvalue weighted by molar-refractivity contribution is -0.116. The van der Waals surface area contributed by atoms with Crippen LogP contribution in [0.4, 0.5) is 14.5 Å². The van der Waals surface area contributed by atoms with Gasteiger partial charge in [-0.2, -0.15) is 4.31 Å². The van der Waals surface area contributed by atoms with Crippen molar-refractivity contribution in [2.75, 3.05) is 18.1 Å². The number of halogens is 2.